The lowest BCUT2D eigenvalue weighted by Gasteiger charge is -2.36. The van der Waals surface area contributed by atoms with E-state index in [1.807, 2.05) is 0 Å². The van der Waals surface area contributed by atoms with Gasteiger partial charge in [-0.15, -0.1) is 0 Å². The lowest BCUT2D eigenvalue weighted by molar-refractivity contribution is -0.0638. The molecule has 0 fully saturated rings. The van der Waals surface area contributed by atoms with Crippen molar-refractivity contribution in [2.75, 3.05) is 27.5 Å². The van der Waals surface area contributed by atoms with Crippen molar-refractivity contribution in [3.8, 4) is 17.2 Å². The predicted molar refractivity (Wildman–Crippen MR) is 78.1 cm³/mol. The quantitative estimate of drug-likeness (QED) is 0.518. The monoisotopic (exact) mass is 346 g/mol. The van der Waals surface area contributed by atoms with Gasteiger partial charge in [-0.3, -0.25) is 4.90 Å². The van der Waals surface area contributed by atoms with Crippen LogP contribution < -0.4 is 14.2 Å². The summed E-state index contributed by atoms with van der Waals surface area (Å²) in [5.74, 6) is 1.29. The largest absolute Gasteiger partial charge is 0.492 e. The van der Waals surface area contributed by atoms with Crippen LogP contribution in [0.3, 0.4) is 0 Å². The standard InChI is InChI=1S/C15H17F3N2O4/c1-20-4-3-8-5-10-13(24-7-23-10)14(22-2)12(8)9(20)6-11(19-21)15(16,17)18/h5,9,21H,3-4,6-7H2,1-2H3/b19-11+/t9-/m0/s1. The summed E-state index contributed by atoms with van der Waals surface area (Å²) in [6.45, 7) is 0.609. The Kier molecular flexibility index (Phi) is 4.20. The van der Waals surface area contributed by atoms with E-state index in [2.05, 4.69) is 5.16 Å². The number of oxime groups is 1. The van der Waals surface area contributed by atoms with E-state index in [-0.39, 0.29) is 6.79 Å². The molecule has 132 valence electrons. The number of hydrogen-bond acceptors (Lipinski definition) is 6. The van der Waals surface area contributed by atoms with E-state index in [1.165, 1.54) is 7.11 Å². The lowest BCUT2D eigenvalue weighted by atomic mass is 9.88. The summed E-state index contributed by atoms with van der Waals surface area (Å²) >= 11 is 0. The number of alkyl halides is 3. The van der Waals surface area contributed by atoms with Gasteiger partial charge in [0, 0.05) is 24.6 Å². The van der Waals surface area contributed by atoms with Crippen LogP contribution >= 0.6 is 0 Å². The smallest absolute Gasteiger partial charge is 0.432 e. The maximum atomic E-state index is 13.0. The second kappa shape index (κ2) is 6.04. The first-order valence-electron chi connectivity index (χ1n) is 7.34. The molecular weight excluding hydrogens is 329 g/mol. The van der Waals surface area contributed by atoms with Crippen molar-refractivity contribution in [1.29, 1.82) is 0 Å². The van der Waals surface area contributed by atoms with Crippen LogP contribution in [0.1, 0.15) is 23.6 Å². The van der Waals surface area contributed by atoms with Crippen molar-refractivity contribution in [3.63, 3.8) is 0 Å². The molecule has 2 aliphatic rings. The van der Waals surface area contributed by atoms with E-state index in [9.17, 15) is 13.2 Å². The molecule has 1 N–H and O–H groups in total. The minimum atomic E-state index is -4.70. The average Bonchev–Trinajstić information content (AvgIpc) is 2.98. The molecule has 9 heteroatoms. The van der Waals surface area contributed by atoms with Gasteiger partial charge in [0.1, 0.15) is 0 Å². The Hall–Kier alpha value is -2.16. The molecule has 2 heterocycles. The molecule has 0 spiro atoms. The van der Waals surface area contributed by atoms with Crippen molar-refractivity contribution in [2.45, 2.75) is 25.1 Å². The number of hydrogen-bond donors (Lipinski definition) is 1. The molecule has 24 heavy (non-hydrogen) atoms. The highest BCUT2D eigenvalue weighted by Crippen LogP contribution is 2.50. The summed E-state index contributed by atoms with van der Waals surface area (Å²) in [6, 6.07) is 1.13. The molecule has 0 saturated carbocycles. The molecule has 0 saturated heterocycles. The van der Waals surface area contributed by atoms with Crippen molar-refractivity contribution in [1.82, 2.24) is 4.90 Å². The minimum absolute atomic E-state index is 0.0427. The third-order valence-electron chi connectivity index (χ3n) is 4.38. The highest BCUT2D eigenvalue weighted by Gasteiger charge is 2.41. The van der Waals surface area contributed by atoms with E-state index in [4.69, 9.17) is 19.4 Å². The van der Waals surface area contributed by atoms with Gasteiger partial charge in [0.15, 0.2) is 17.2 Å². The zero-order valence-corrected chi connectivity index (χ0v) is 13.2. The molecule has 1 aromatic carbocycles. The zero-order valence-electron chi connectivity index (χ0n) is 13.2. The highest BCUT2D eigenvalue weighted by atomic mass is 19.4. The minimum Gasteiger partial charge on any atom is -0.492 e. The summed E-state index contributed by atoms with van der Waals surface area (Å²) < 4.78 is 55.2. The van der Waals surface area contributed by atoms with Crippen LogP contribution in [0.5, 0.6) is 17.2 Å². The second-order valence-electron chi connectivity index (χ2n) is 5.71. The van der Waals surface area contributed by atoms with Crippen LogP contribution in [0.4, 0.5) is 13.2 Å². The number of methoxy groups -OCH3 is 1. The number of ether oxygens (including phenoxy) is 3. The van der Waals surface area contributed by atoms with Gasteiger partial charge < -0.3 is 19.4 Å². The summed E-state index contributed by atoms with van der Waals surface area (Å²) in [5.41, 5.74) is 0.228. The molecule has 2 aliphatic heterocycles. The topological polar surface area (TPSA) is 63.5 Å². The van der Waals surface area contributed by atoms with Crippen LogP contribution in [0, 0.1) is 0 Å². The predicted octanol–water partition coefficient (Wildman–Crippen LogP) is 2.74. The fourth-order valence-corrected chi connectivity index (χ4v) is 3.18. The van der Waals surface area contributed by atoms with Gasteiger partial charge in [-0.1, -0.05) is 5.16 Å². The summed E-state index contributed by atoms with van der Waals surface area (Å²) in [7, 11) is 3.16. The molecule has 1 atom stereocenters. The molecule has 1 aromatic rings. The van der Waals surface area contributed by atoms with Gasteiger partial charge in [-0.05, 0) is 25.1 Å². The SMILES string of the molecule is COc1c2c(cc3c1[C@H](C/C(=N\O)C(F)(F)F)N(C)CC3)OCO2. The van der Waals surface area contributed by atoms with Gasteiger partial charge in [0.05, 0.1) is 7.11 Å². The van der Waals surface area contributed by atoms with E-state index >= 15 is 0 Å². The fourth-order valence-electron chi connectivity index (χ4n) is 3.18. The normalized spacial score (nSPS) is 20.9. The van der Waals surface area contributed by atoms with Crippen LogP contribution in [-0.2, 0) is 6.42 Å². The Labute approximate surface area is 136 Å². The van der Waals surface area contributed by atoms with E-state index in [0.717, 1.165) is 5.56 Å². The van der Waals surface area contributed by atoms with Crippen molar-refractivity contribution >= 4 is 5.71 Å². The first-order valence-corrected chi connectivity index (χ1v) is 7.34. The maximum Gasteiger partial charge on any atom is 0.432 e. The van der Waals surface area contributed by atoms with Gasteiger partial charge in [-0.25, -0.2) is 0 Å². The summed E-state index contributed by atoms with van der Waals surface area (Å²) in [5, 5.41) is 11.2. The number of nitrogens with zero attached hydrogens (tertiary/aromatic N) is 2. The van der Waals surface area contributed by atoms with Crippen LogP contribution in [0.25, 0.3) is 0 Å². The first kappa shape index (κ1) is 16.7. The van der Waals surface area contributed by atoms with Crippen molar-refractivity contribution in [2.24, 2.45) is 5.16 Å². The van der Waals surface area contributed by atoms with Crippen LogP contribution in [0.15, 0.2) is 11.2 Å². The molecule has 0 aromatic heterocycles. The summed E-state index contributed by atoms with van der Waals surface area (Å²) in [4.78, 5) is 1.78. The first-order chi connectivity index (χ1) is 11.4. The molecule has 0 bridgehead atoms. The van der Waals surface area contributed by atoms with Crippen molar-refractivity contribution in [3.05, 3.63) is 17.2 Å². The van der Waals surface area contributed by atoms with E-state index in [0.29, 0.717) is 35.8 Å². The van der Waals surface area contributed by atoms with E-state index in [1.54, 1.807) is 18.0 Å². The second-order valence-corrected chi connectivity index (χ2v) is 5.71. The highest BCUT2D eigenvalue weighted by molar-refractivity contribution is 5.90. The van der Waals surface area contributed by atoms with Gasteiger partial charge in [0.25, 0.3) is 0 Å². The lowest BCUT2D eigenvalue weighted by Crippen LogP contribution is -2.36. The van der Waals surface area contributed by atoms with Gasteiger partial charge >= 0.3 is 6.18 Å². The molecule has 0 radical (unpaired) electrons. The van der Waals surface area contributed by atoms with Gasteiger partial charge in [0.2, 0.25) is 12.5 Å². The number of fused-ring (bicyclic) bond motifs is 2. The Balaban J connectivity index is 2.07. The number of halogens is 3. The molecule has 6 nitrogen and oxygen atoms in total. The third kappa shape index (κ3) is 2.72. The average molecular weight is 346 g/mol. The Morgan fingerprint density at radius 2 is 2.21 bits per heavy atom. The number of rotatable bonds is 3. The Morgan fingerprint density at radius 1 is 1.46 bits per heavy atom. The zero-order chi connectivity index (χ0) is 17.5. The fraction of sp³-hybridized carbons (Fsp3) is 0.533. The third-order valence-corrected chi connectivity index (χ3v) is 4.38. The molecule has 3 rings (SSSR count). The van der Waals surface area contributed by atoms with Crippen LogP contribution in [0.2, 0.25) is 0 Å². The molecular formula is C15H17F3N2O4. The Morgan fingerprint density at radius 3 is 2.83 bits per heavy atom. The molecule has 0 aliphatic carbocycles. The number of likely N-dealkylation sites (N-methyl/N-ethyl adjacent to an activating group) is 1. The summed E-state index contributed by atoms with van der Waals surface area (Å²) in [6.07, 6.45) is -4.54. The molecule has 0 amide bonds. The molecule has 0 unspecified atom stereocenters. The van der Waals surface area contributed by atoms with E-state index < -0.39 is 24.4 Å². The number of benzene rings is 1. The van der Waals surface area contributed by atoms with Gasteiger partial charge in [-0.2, -0.15) is 13.2 Å². The Bertz CT molecular complexity index is 676. The van der Waals surface area contributed by atoms with Crippen molar-refractivity contribution < 1.29 is 32.6 Å². The maximum absolute atomic E-state index is 13.0. The van der Waals surface area contributed by atoms with Crippen LogP contribution in [-0.4, -0.2) is 49.5 Å².